The maximum absolute atomic E-state index is 12.8. The average Bonchev–Trinajstić information content (AvgIpc) is 3.24. The number of ether oxygens (including phenoxy) is 4. The summed E-state index contributed by atoms with van der Waals surface area (Å²) < 4.78 is 22.8. The van der Waals surface area contributed by atoms with E-state index in [9.17, 15) is 25.2 Å². The molecule has 0 aromatic heterocycles. The van der Waals surface area contributed by atoms with Gasteiger partial charge in [0.1, 0.15) is 30.5 Å². The number of aliphatic hydroxyl groups excluding tert-OH is 4. The number of allylic oxidation sites excluding steroid dienone is 6. The molecule has 0 amide bonds. The second kappa shape index (κ2) is 41.7. The molecular weight excluding hydrogens is 745 g/mol. The Morgan fingerprint density at radius 1 is 0.542 bits per heavy atom. The molecule has 0 aliphatic carbocycles. The molecule has 1 aliphatic heterocycles. The van der Waals surface area contributed by atoms with E-state index in [1.54, 1.807) is 0 Å². The van der Waals surface area contributed by atoms with Gasteiger partial charge in [0, 0.05) is 13.0 Å². The van der Waals surface area contributed by atoms with Crippen molar-refractivity contribution >= 4 is 5.97 Å². The molecule has 1 heterocycles. The van der Waals surface area contributed by atoms with E-state index in [0.29, 0.717) is 13.0 Å². The fraction of sp³-hybridized carbons (Fsp3) is 0.860. The topological polar surface area (TPSA) is 135 Å². The zero-order valence-corrected chi connectivity index (χ0v) is 38.0. The SMILES string of the molecule is CCCC/C=C\C/C=C\CCCCCCCC(=O)OC(COCCCCCCCCCCCC/C=C\CCCCCCCCCC)COC1OC(CO)C(O)C(O)C1O. The van der Waals surface area contributed by atoms with Crippen LogP contribution in [0.3, 0.4) is 0 Å². The van der Waals surface area contributed by atoms with E-state index in [-0.39, 0.29) is 19.2 Å². The van der Waals surface area contributed by atoms with E-state index >= 15 is 0 Å². The van der Waals surface area contributed by atoms with Gasteiger partial charge < -0.3 is 39.4 Å². The summed E-state index contributed by atoms with van der Waals surface area (Å²) in [5.74, 6) is -0.327. The summed E-state index contributed by atoms with van der Waals surface area (Å²) in [4.78, 5) is 12.8. The summed E-state index contributed by atoms with van der Waals surface area (Å²) >= 11 is 0. The summed E-state index contributed by atoms with van der Waals surface area (Å²) in [7, 11) is 0. The summed E-state index contributed by atoms with van der Waals surface area (Å²) in [6.07, 6.45) is 43.2. The number of esters is 1. The van der Waals surface area contributed by atoms with Crippen LogP contribution in [0, 0.1) is 0 Å². The quantitative estimate of drug-likeness (QED) is 0.0269. The molecule has 1 saturated heterocycles. The molecule has 0 spiro atoms. The van der Waals surface area contributed by atoms with Crippen LogP contribution in [0.1, 0.15) is 213 Å². The molecule has 9 nitrogen and oxygen atoms in total. The van der Waals surface area contributed by atoms with Crippen molar-refractivity contribution in [2.24, 2.45) is 0 Å². The molecule has 1 rings (SSSR count). The standard InChI is InChI=1S/C50H92O9/c1-3-5-7-9-11-13-15-17-19-20-21-22-23-24-25-26-28-30-32-34-36-38-40-56-42-44(43-57-50-49(55)48(54)47(53)45(41-51)59-50)58-46(52)39-37-35-33-31-29-27-18-16-14-12-10-8-6-4-2/h10,12,16,18,20-21,44-45,47-51,53-55H,3-9,11,13-15,17,19,22-43H2,1-2H3/b12-10-,18-16-,21-20-. The van der Waals surface area contributed by atoms with Crippen LogP contribution < -0.4 is 0 Å². The monoisotopic (exact) mass is 837 g/mol. The van der Waals surface area contributed by atoms with Gasteiger partial charge >= 0.3 is 5.97 Å². The van der Waals surface area contributed by atoms with Crippen molar-refractivity contribution in [1.82, 2.24) is 0 Å². The Bertz CT molecular complexity index is 999. The summed E-state index contributed by atoms with van der Waals surface area (Å²) in [5, 5.41) is 40.2. The van der Waals surface area contributed by atoms with Crippen molar-refractivity contribution in [2.45, 2.75) is 250 Å². The molecule has 9 heteroatoms. The molecule has 0 radical (unpaired) electrons. The average molecular weight is 837 g/mol. The Labute approximate surface area is 361 Å². The number of hydrogen-bond donors (Lipinski definition) is 4. The van der Waals surface area contributed by atoms with Crippen molar-refractivity contribution < 1.29 is 44.2 Å². The van der Waals surface area contributed by atoms with Crippen LogP contribution >= 0.6 is 0 Å². The van der Waals surface area contributed by atoms with Crippen molar-refractivity contribution in [3.8, 4) is 0 Å². The van der Waals surface area contributed by atoms with E-state index in [1.165, 1.54) is 135 Å². The zero-order chi connectivity index (χ0) is 42.9. The van der Waals surface area contributed by atoms with Gasteiger partial charge in [-0.25, -0.2) is 0 Å². The predicted molar refractivity (Wildman–Crippen MR) is 242 cm³/mol. The number of aliphatic hydroxyl groups is 4. The van der Waals surface area contributed by atoms with Crippen molar-refractivity contribution in [2.75, 3.05) is 26.4 Å². The van der Waals surface area contributed by atoms with Gasteiger partial charge in [0.15, 0.2) is 6.29 Å². The van der Waals surface area contributed by atoms with E-state index < -0.39 is 43.4 Å². The lowest BCUT2D eigenvalue weighted by Crippen LogP contribution is -2.59. The minimum absolute atomic E-state index is 0.119. The first-order chi connectivity index (χ1) is 28.9. The first-order valence-electron chi connectivity index (χ1n) is 24.6. The minimum Gasteiger partial charge on any atom is -0.457 e. The van der Waals surface area contributed by atoms with Gasteiger partial charge in [0.25, 0.3) is 0 Å². The highest BCUT2D eigenvalue weighted by Crippen LogP contribution is 2.23. The van der Waals surface area contributed by atoms with Gasteiger partial charge in [-0.2, -0.15) is 0 Å². The third-order valence-corrected chi connectivity index (χ3v) is 11.3. The summed E-state index contributed by atoms with van der Waals surface area (Å²) in [6.45, 7) is 4.52. The number of hydrogen-bond acceptors (Lipinski definition) is 9. The van der Waals surface area contributed by atoms with Gasteiger partial charge in [-0.3, -0.25) is 4.79 Å². The first-order valence-corrected chi connectivity index (χ1v) is 24.6. The normalized spacial score (nSPS) is 20.4. The second-order valence-corrected chi connectivity index (χ2v) is 16.9. The van der Waals surface area contributed by atoms with Gasteiger partial charge in [-0.05, 0) is 64.2 Å². The maximum Gasteiger partial charge on any atom is 0.306 e. The Balaban J connectivity index is 2.20. The number of unbranched alkanes of at least 4 members (excludes halogenated alkanes) is 25. The van der Waals surface area contributed by atoms with Crippen LogP contribution in [-0.4, -0.2) is 89.6 Å². The molecule has 59 heavy (non-hydrogen) atoms. The smallest absolute Gasteiger partial charge is 0.306 e. The Morgan fingerprint density at radius 3 is 1.53 bits per heavy atom. The number of rotatable bonds is 42. The highest BCUT2D eigenvalue weighted by molar-refractivity contribution is 5.69. The fourth-order valence-corrected chi connectivity index (χ4v) is 7.39. The Kier molecular flexibility index (Phi) is 39.2. The number of carbonyl (C=O) groups is 1. The van der Waals surface area contributed by atoms with Crippen molar-refractivity contribution in [3.05, 3.63) is 36.5 Å². The Hall–Kier alpha value is -1.59. The number of carbonyl (C=O) groups excluding carboxylic acids is 1. The maximum atomic E-state index is 12.8. The molecule has 0 aromatic carbocycles. The van der Waals surface area contributed by atoms with Gasteiger partial charge in [0.05, 0.1) is 19.8 Å². The van der Waals surface area contributed by atoms with E-state index in [4.69, 9.17) is 18.9 Å². The molecule has 346 valence electrons. The molecular formula is C50H92O9. The molecule has 0 bridgehead atoms. The van der Waals surface area contributed by atoms with E-state index in [2.05, 4.69) is 50.3 Å². The third-order valence-electron chi connectivity index (χ3n) is 11.3. The van der Waals surface area contributed by atoms with Crippen LogP contribution in [0.4, 0.5) is 0 Å². The van der Waals surface area contributed by atoms with Crippen molar-refractivity contribution in [1.29, 1.82) is 0 Å². The minimum atomic E-state index is -1.54. The van der Waals surface area contributed by atoms with Gasteiger partial charge in [-0.15, -0.1) is 0 Å². The van der Waals surface area contributed by atoms with Crippen LogP contribution in [0.15, 0.2) is 36.5 Å². The molecule has 0 saturated carbocycles. The first kappa shape index (κ1) is 55.4. The lowest BCUT2D eigenvalue weighted by Gasteiger charge is -2.39. The van der Waals surface area contributed by atoms with Crippen LogP contribution in [0.25, 0.3) is 0 Å². The Morgan fingerprint density at radius 2 is 1.00 bits per heavy atom. The van der Waals surface area contributed by atoms with Crippen LogP contribution in [-0.2, 0) is 23.7 Å². The van der Waals surface area contributed by atoms with Gasteiger partial charge in [-0.1, -0.05) is 179 Å². The van der Waals surface area contributed by atoms with Crippen LogP contribution in [0.5, 0.6) is 0 Å². The molecule has 1 aliphatic rings. The molecule has 1 fully saturated rings. The van der Waals surface area contributed by atoms with E-state index in [1.807, 2.05) is 0 Å². The zero-order valence-electron chi connectivity index (χ0n) is 38.0. The second-order valence-electron chi connectivity index (χ2n) is 16.9. The van der Waals surface area contributed by atoms with E-state index in [0.717, 1.165) is 57.8 Å². The molecule has 6 atom stereocenters. The summed E-state index contributed by atoms with van der Waals surface area (Å²) in [6, 6.07) is 0. The van der Waals surface area contributed by atoms with Crippen LogP contribution in [0.2, 0.25) is 0 Å². The largest absolute Gasteiger partial charge is 0.457 e. The fourth-order valence-electron chi connectivity index (χ4n) is 7.39. The highest BCUT2D eigenvalue weighted by atomic mass is 16.7. The molecule has 4 N–H and O–H groups in total. The third kappa shape index (κ3) is 32.7. The predicted octanol–water partition coefficient (Wildman–Crippen LogP) is 11.5. The van der Waals surface area contributed by atoms with Gasteiger partial charge in [0.2, 0.25) is 0 Å². The lowest BCUT2D eigenvalue weighted by molar-refractivity contribution is -0.305. The highest BCUT2D eigenvalue weighted by Gasteiger charge is 2.44. The lowest BCUT2D eigenvalue weighted by atomic mass is 9.99. The molecule has 6 unspecified atom stereocenters. The van der Waals surface area contributed by atoms with Crippen molar-refractivity contribution in [3.63, 3.8) is 0 Å². The molecule has 0 aromatic rings. The summed E-state index contributed by atoms with van der Waals surface area (Å²) in [5.41, 5.74) is 0.